The summed E-state index contributed by atoms with van der Waals surface area (Å²) < 4.78 is 7.82. The molecule has 2 fully saturated rings. The highest BCUT2D eigenvalue weighted by molar-refractivity contribution is 7.15. The predicted octanol–water partition coefficient (Wildman–Crippen LogP) is 3.92. The van der Waals surface area contributed by atoms with E-state index >= 15 is 0 Å². The van der Waals surface area contributed by atoms with E-state index in [-0.39, 0.29) is 0 Å². The van der Waals surface area contributed by atoms with E-state index in [4.69, 9.17) is 9.72 Å². The van der Waals surface area contributed by atoms with Crippen molar-refractivity contribution in [3.05, 3.63) is 59.4 Å². The largest absolute Gasteiger partial charge is 0.378 e. The van der Waals surface area contributed by atoms with Gasteiger partial charge in [0.05, 0.1) is 11.8 Å². The average Bonchev–Trinajstić information content (AvgIpc) is 3.41. The van der Waals surface area contributed by atoms with Crippen molar-refractivity contribution in [2.24, 2.45) is 5.92 Å². The quantitative estimate of drug-likeness (QED) is 0.688. The van der Waals surface area contributed by atoms with E-state index in [9.17, 15) is 0 Å². The molecule has 2 saturated heterocycles. The van der Waals surface area contributed by atoms with Gasteiger partial charge in [0.15, 0.2) is 5.13 Å². The Morgan fingerprint density at radius 1 is 1.19 bits per heavy atom. The fraction of sp³-hybridized carbons (Fsp3) is 0.429. The lowest BCUT2D eigenvalue weighted by Crippen LogP contribution is -2.46. The van der Waals surface area contributed by atoms with Crippen LogP contribution in [0.15, 0.2) is 48.9 Å². The van der Waals surface area contributed by atoms with Crippen LogP contribution in [-0.2, 0) is 11.2 Å². The average molecular weight is 381 g/mol. The number of hydrogen-bond donors (Lipinski definition) is 0. The van der Waals surface area contributed by atoms with Crippen molar-refractivity contribution in [1.29, 1.82) is 0 Å². The third-order valence-corrected chi connectivity index (χ3v) is 6.67. The molecule has 2 aliphatic rings. The van der Waals surface area contributed by atoms with Gasteiger partial charge in [-0.3, -0.25) is 0 Å². The third-order valence-electron chi connectivity index (χ3n) is 5.61. The Hall–Kier alpha value is -2.18. The van der Waals surface area contributed by atoms with E-state index in [2.05, 4.69) is 34.3 Å². The van der Waals surface area contributed by atoms with Gasteiger partial charge >= 0.3 is 0 Å². The number of nitrogens with zero attached hydrogens (tertiary/aromatic N) is 4. The summed E-state index contributed by atoms with van der Waals surface area (Å²) in [6.45, 7) is 3.10. The maximum Gasteiger partial charge on any atom is 0.185 e. The standard InChI is InChI=1S/C21H24N4OS/c1-3-17-15-24(11-8-20(17)26-12-1)21-22-14-19(27-21)13-16-4-6-18(7-5-16)25-10-2-9-23-25/h2,4-7,9-10,14,17,20H,1,3,8,11-13,15H2. The van der Waals surface area contributed by atoms with Crippen molar-refractivity contribution >= 4 is 16.5 Å². The van der Waals surface area contributed by atoms with Crippen molar-refractivity contribution in [1.82, 2.24) is 14.8 Å². The van der Waals surface area contributed by atoms with Gasteiger partial charge in [-0.25, -0.2) is 9.67 Å². The van der Waals surface area contributed by atoms with Gasteiger partial charge in [-0.2, -0.15) is 5.10 Å². The smallest absolute Gasteiger partial charge is 0.185 e. The molecule has 2 unspecified atom stereocenters. The Bertz CT molecular complexity index is 874. The minimum atomic E-state index is 0.475. The summed E-state index contributed by atoms with van der Waals surface area (Å²) >= 11 is 1.83. The van der Waals surface area contributed by atoms with E-state index in [1.165, 1.54) is 28.4 Å². The van der Waals surface area contributed by atoms with E-state index < -0.39 is 0 Å². The van der Waals surface area contributed by atoms with E-state index in [0.717, 1.165) is 38.2 Å². The molecule has 0 saturated carbocycles. The fourth-order valence-electron chi connectivity index (χ4n) is 4.18. The molecule has 0 aliphatic carbocycles. The second-order valence-electron chi connectivity index (χ2n) is 7.45. The van der Waals surface area contributed by atoms with Gasteiger partial charge in [-0.15, -0.1) is 11.3 Å². The Morgan fingerprint density at radius 2 is 2.11 bits per heavy atom. The summed E-state index contributed by atoms with van der Waals surface area (Å²) in [6, 6.07) is 10.5. The van der Waals surface area contributed by atoms with Crippen LogP contribution in [0.3, 0.4) is 0 Å². The molecule has 2 aliphatic heterocycles. The second-order valence-corrected chi connectivity index (χ2v) is 8.54. The summed E-state index contributed by atoms with van der Waals surface area (Å²) in [5.41, 5.74) is 2.40. The number of benzene rings is 1. The van der Waals surface area contributed by atoms with E-state index in [0.29, 0.717) is 12.0 Å². The van der Waals surface area contributed by atoms with Crippen molar-refractivity contribution in [2.75, 3.05) is 24.6 Å². The molecule has 0 bridgehead atoms. The van der Waals surface area contributed by atoms with Gasteiger partial charge in [0.2, 0.25) is 0 Å². The molecule has 0 radical (unpaired) electrons. The number of ether oxygens (including phenoxy) is 1. The highest BCUT2D eigenvalue weighted by Gasteiger charge is 2.32. The molecule has 6 heteroatoms. The molecule has 3 aromatic rings. The van der Waals surface area contributed by atoms with Gasteiger partial charge in [-0.1, -0.05) is 12.1 Å². The molecule has 140 valence electrons. The predicted molar refractivity (Wildman–Crippen MR) is 108 cm³/mol. The normalized spacial score (nSPS) is 22.6. The van der Waals surface area contributed by atoms with Gasteiger partial charge < -0.3 is 9.64 Å². The van der Waals surface area contributed by atoms with Crippen molar-refractivity contribution in [3.63, 3.8) is 0 Å². The zero-order valence-electron chi connectivity index (χ0n) is 15.3. The molecule has 2 atom stereocenters. The van der Waals surface area contributed by atoms with Crippen LogP contribution in [0.2, 0.25) is 0 Å². The monoisotopic (exact) mass is 380 g/mol. The number of hydrogen-bond acceptors (Lipinski definition) is 5. The van der Waals surface area contributed by atoms with Crippen LogP contribution in [0.25, 0.3) is 5.69 Å². The second kappa shape index (κ2) is 7.44. The number of aromatic nitrogens is 3. The first-order valence-corrected chi connectivity index (χ1v) is 10.6. The summed E-state index contributed by atoms with van der Waals surface area (Å²) in [4.78, 5) is 8.50. The summed E-state index contributed by atoms with van der Waals surface area (Å²) in [6.07, 6.45) is 10.8. The van der Waals surface area contributed by atoms with Crippen LogP contribution in [0.4, 0.5) is 5.13 Å². The Balaban J connectivity index is 1.24. The number of rotatable bonds is 4. The van der Waals surface area contributed by atoms with Crippen LogP contribution >= 0.6 is 11.3 Å². The number of fused-ring (bicyclic) bond motifs is 1. The van der Waals surface area contributed by atoms with Crippen LogP contribution in [0.1, 0.15) is 29.7 Å². The third kappa shape index (κ3) is 3.64. The topological polar surface area (TPSA) is 43.2 Å². The Morgan fingerprint density at radius 3 is 2.96 bits per heavy atom. The first-order valence-electron chi connectivity index (χ1n) is 9.75. The van der Waals surface area contributed by atoms with Gasteiger partial charge in [-0.05, 0) is 43.0 Å². The maximum atomic E-state index is 5.94. The van der Waals surface area contributed by atoms with Crippen LogP contribution < -0.4 is 4.90 Å². The Labute approximate surface area is 163 Å². The lowest BCUT2D eigenvalue weighted by atomic mass is 9.89. The van der Waals surface area contributed by atoms with E-state index in [1.54, 1.807) is 6.20 Å². The number of piperidine rings is 1. The molecule has 5 nitrogen and oxygen atoms in total. The Kier molecular flexibility index (Phi) is 4.67. The first-order chi connectivity index (χ1) is 13.3. The highest BCUT2D eigenvalue weighted by Crippen LogP contribution is 2.33. The lowest BCUT2D eigenvalue weighted by molar-refractivity contribution is -0.0357. The summed E-state index contributed by atoms with van der Waals surface area (Å²) in [5.74, 6) is 0.676. The molecule has 27 heavy (non-hydrogen) atoms. The molecule has 0 amide bonds. The van der Waals surface area contributed by atoms with Gasteiger partial charge in [0, 0.05) is 55.5 Å². The van der Waals surface area contributed by atoms with Crippen molar-refractivity contribution in [2.45, 2.75) is 31.8 Å². The van der Waals surface area contributed by atoms with E-state index in [1.807, 2.05) is 34.5 Å². The first kappa shape index (κ1) is 17.0. The maximum absolute atomic E-state index is 5.94. The molecule has 0 spiro atoms. The van der Waals surface area contributed by atoms with Crippen molar-refractivity contribution < 1.29 is 4.74 Å². The van der Waals surface area contributed by atoms with Crippen molar-refractivity contribution in [3.8, 4) is 5.69 Å². The molecule has 4 heterocycles. The lowest BCUT2D eigenvalue weighted by Gasteiger charge is -2.40. The fourth-order valence-corrected chi connectivity index (χ4v) is 5.15. The molecule has 2 aromatic heterocycles. The van der Waals surface area contributed by atoms with Gasteiger partial charge in [0.25, 0.3) is 0 Å². The summed E-state index contributed by atoms with van der Waals surface area (Å²) in [7, 11) is 0. The minimum Gasteiger partial charge on any atom is -0.378 e. The van der Waals surface area contributed by atoms with Crippen LogP contribution in [-0.4, -0.2) is 40.6 Å². The van der Waals surface area contributed by atoms with Crippen LogP contribution in [0, 0.1) is 5.92 Å². The SMILES string of the molecule is c1cnn(-c2ccc(Cc3cnc(N4CCC5OCCCC5C4)s3)cc2)c1. The van der Waals surface area contributed by atoms with Crippen LogP contribution in [0.5, 0.6) is 0 Å². The summed E-state index contributed by atoms with van der Waals surface area (Å²) in [5, 5.41) is 5.45. The zero-order chi connectivity index (χ0) is 18.1. The number of thiazole rings is 1. The number of anilines is 1. The molecule has 0 N–H and O–H groups in total. The highest BCUT2D eigenvalue weighted by atomic mass is 32.1. The zero-order valence-corrected chi connectivity index (χ0v) is 16.1. The van der Waals surface area contributed by atoms with Gasteiger partial charge in [0.1, 0.15) is 0 Å². The molecule has 1 aromatic carbocycles. The molecule has 5 rings (SSSR count). The molecular formula is C21H24N4OS. The molecular weight excluding hydrogens is 356 g/mol. The minimum absolute atomic E-state index is 0.475.